The van der Waals surface area contributed by atoms with E-state index >= 15 is 0 Å². The third kappa shape index (κ3) is 6.39. The number of carboxylic acids is 2. The first kappa shape index (κ1) is 43.3. The van der Waals surface area contributed by atoms with Gasteiger partial charge in [0.2, 0.25) is 0 Å². The molecule has 2 aliphatic heterocycles. The Hall–Kier alpha value is -1.76. The van der Waals surface area contributed by atoms with Crippen LogP contribution in [-0.2, 0) is 28.5 Å². The van der Waals surface area contributed by atoms with Gasteiger partial charge in [0.15, 0.2) is 18.7 Å². The van der Waals surface area contributed by atoms with Crippen molar-refractivity contribution in [2.24, 2.45) is 50.2 Å². The lowest BCUT2D eigenvalue weighted by Gasteiger charge is -2.71. The topological polar surface area (TPSA) is 253 Å². The van der Waals surface area contributed by atoms with Crippen LogP contribution in [0.2, 0.25) is 0 Å². The van der Waals surface area contributed by atoms with E-state index in [0.29, 0.717) is 25.7 Å². The Labute approximate surface area is 334 Å². The normalized spacial score (nSPS) is 53.3. The smallest absolute Gasteiger partial charge is 0.335 e. The molecule has 4 saturated carbocycles. The second-order valence-corrected chi connectivity index (χ2v) is 20.5. The Kier molecular flexibility index (Phi) is 11.2. The molecule has 6 fully saturated rings. The van der Waals surface area contributed by atoms with Gasteiger partial charge in [-0.25, -0.2) is 4.79 Å². The number of hydrogen-bond acceptors (Lipinski definition) is 13. The number of hydrogen-bond donors (Lipinski definition) is 9. The quantitative estimate of drug-likeness (QED) is 0.126. The van der Waals surface area contributed by atoms with Crippen LogP contribution in [0, 0.1) is 50.2 Å². The first-order valence-electron chi connectivity index (χ1n) is 21.0. The molecular formula is C42H66O15. The first-order chi connectivity index (χ1) is 26.5. The highest BCUT2D eigenvalue weighted by Crippen LogP contribution is 2.76. The molecule has 15 heteroatoms. The maximum Gasteiger partial charge on any atom is 0.335 e. The van der Waals surface area contributed by atoms with E-state index < -0.39 is 96.9 Å². The van der Waals surface area contributed by atoms with Crippen molar-refractivity contribution in [1.29, 1.82) is 0 Å². The first-order valence-corrected chi connectivity index (χ1v) is 21.0. The van der Waals surface area contributed by atoms with E-state index in [0.717, 1.165) is 38.5 Å². The fourth-order valence-corrected chi connectivity index (χ4v) is 13.6. The predicted octanol–water partition coefficient (Wildman–Crippen LogP) is 1.95. The minimum atomic E-state index is -1.99. The maximum atomic E-state index is 13.1. The van der Waals surface area contributed by atoms with E-state index in [2.05, 4.69) is 40.7 Å². The Balaban J connectivity index is 1.18. The summed E-state index contributed by atoms with van der Waals surface area (Å²) in [6.45, 7) is 12.5. The number of allylic oxidation sites excluding steroid dienone is 2. The molecule has 7 rings (SSSR count). The SMILES string of the molecule is CC1(C)CC[C@]2(C(=O)O)CC[C@]3(C)C(=CC[C@@H]4[C@@]5(C)CC[C@H](O[C@@H]6O[C@H](C(=O)O)[C@@H](O)[C@H](O)[C@H]6O[C@@H]6O[C@H](CO)[C@H](O)[C@H](O)[C@H]6O)[C@@](C)(CO)[C@@H]5CC[C@]43C)[C@@H]2C1. The molecule has 0 radical (unpaired) electrons. The molecule has 5 aliphatic carbocycles. The average Bonchev–Trinajstić information content (AvgIpc) is 3.15. The number of rotatable bonds is 8. The summed E-state index contributed by atoms with van der Waals surface area (Å²) in [5.74, 6) is -2.12. The van der Waals surface area contributed by atoms with Gasteiger partial charge < -0.3 is 64.9 Å². The highest BCUT2D eigenvalue weighted by molar-refractivity contribution is 5.76. The number of carbonyl (C=O) groups is 2. The Morgan fingerprint density at radius 1 is 0.754 bits per heavy atom. The maximum absolute atomic E-state index is 13.1. The standard InChI is InChI=1S/C42H66O15/c1-37(2)13-15-42(36(52)53)16-14-40(5)20(21(42)17-37)7-8-24-38(3)11-10-25(39(4,19-44)23(38)9-12-41(24,40)6)55-35-32(29(48)28(47)31(56-35)33(50)51)57-34-30(49)27(46)26(45)22(18-43)54-34/h7,21-32,34-35,43-49H,8-19H2,1-6H3,(H,50,51)(H,52,53)/t21-,22+,23+,24+,25-,26-,27-,28-,29-,30+,31-,32+,34-,35+,38-,39-,40+,41+,42-/m0/s1. The molecule has 0 spiro atoms. The molecule has 0 amide bonds. The van der Waals surface area contributed by atoms with Crippen molar-refractivity contribution >= 4 is 11.9 Å². The van der Waals surface area contributed by atoms with E-state index in [1.165, 1.54) is 5.57 Å². The van der Waals surface area contributed by atoms with Crippen molar-refractivity contribution in [1.82, 2.24) is 0 Å². The van der Waals surface area contributed by atoms with Gasteiger partial charge in [-0.15, -0.1) is 0 Å². The summed E-state index contributed by atoms with van der Waals surface area (Å²) in [4.78, 5) is 25.3. The largest absolute Gasteiger partial charge is 0.481 e. The van der Waals surface area contributed by atoms with E-state index in [9.17, 15) is 55.5 Å². The molecule has 2 heterocycles. The predicted molar refractivity (Wildman–Crippen MR) is 200 cm³/mol. The summed E-state index contributed by atoms with van der Waals surface area (Å²) in [7, 11) is 0. The lowest BCUT2D eigenvalue weighted by atomic mass is 9.33. The van der Waals surface area contributed by atoms with Crippen molar-refractivity contribution < 1.29 is 74.5 Å². The van der Waals surface area contributed by atoms with Crippen LogP contribution in [0.25, 0.3) is 0 Å². The van der Waals surface area contributed by atoms with Crippen LogP contribution in [0.3, 0.4) is 0 Å². The van der Waals surface area contributed by atoms with Gasteiger partial charge >= 0.3 is 11.9 Å². The fraction of sp³-hybridized carbons (Fsp3) is 0.905. The molecule has 324 valence electrons. The van der Waals surface area contributed by atoms with E-state index in [-0.39, 0.29) is 46.0 Å². The van der Waals surface area contributed by atoms with Crippen LogP contribution in [0.5, 0.6) is 0 Å². The number of aliphatic hydroxyl groups is 7. The molecule has 9 N–H and O–H groups in total. The summed E-state index contributed by atoms with van der Waals surface area (Å²) in [5.41, 5.74) is -0.909. The summed E-state index contributed by atoms with van der Waals surface area (Å²) < 4.78 is 23.8. The van der Waals surface area contributed by atoms with E-state index in [1.54, 1.807) is 0 Å². The molecule has 15 nitrogen and oxygen atoms in total. The van der Waals surface area contributed by atoms with Crippen molar-refractivity contribution in [3.63, 3.8) is 0 Å². The summed E-state index contributed by atoms with van der Waals surface area (Å²) in [5, 5.41) is 95.2. The lowest BCUT2D eigenvalue weighted by Crippen LogP contribution is -2.68. The molecule has 57 heavy (non-hydrogen) atoms. The molecule has 0 bridgehead atoms. The number of aliphatic carboxylic acids is 2. The summed E-state index contributed by atoms with van der Waals surface area (Å²) >= 11 is 0. The Morgan fingerprint density at radius 3 is 2.07 bits per heavy atom. The summed E-state index contributed by atoms with van der Waals surface area (Å²) in [6.07, 6.45) is -8.58. The van der Waals surface area contributed by atoms with Crippen molar-refractivity contribution in [2.45, 2.75) is 173 Å². The van der Waals surface area contributed by atoms with Crippen LogP contribution < -0.4 is 0 Å². The fourth-order valence-electron chi connectivity index (χ4n) is 13.6. The Morgan fingerprint density at radius 2 is 1.44 bits per heavy atom. The number of carboxylic acid groups (broad SMARTS) is 2. The number of fused-ring (bicyclic) bond motifs is 7. The zero-order valence-electron chi connectivity index (χ0n) is 34.1. The molecule has 7 aliphatic rings. The highest BCUT2D eigenvalue weighted by atomic mass is 16.8. The zero-order chi connectivity index (χ0) is 41.8. The number of ether oxygens (including phenoxy) is 4. The molecule has 19 atom stereocenters. The van der Waals surface area contributed by atoms with Gasteiger partial charge in [0.1, 0.15) is 42.7 Å². The molecule has 0 aromatic rings. The van der Waals surface area contributed by atoms with Crippen molar-refractivity contribution in [2.75, 3.05) is 13.2 Å². The van der Waals surface area contributed by atoms with Gasteiger partial charge in [-0.2, -0.15) is 0 Å². The van der Waals surface area contributed by atoms with Gasteiger partial charge in [-0.1, -0.05) is 53.2 Å². The van der Waals surface area contributed by atoms with Gasteiger partial charge in [-0.3, -0.25) is 4.79 Å². The molecule has 2 saturated heterocycles. The minimum Gasteiger partial charge on any atom is -0.481 e. The van der Waals surface area contributed by atoms with Gasteiger partial charge in [-0.05, 0) is 104 Å². The highest BCUT2D eigenvalue weighted by Gasteiger charge is 2.70. The monoisotopic (exact) mass is 810 g/mol. The average molecular weight is 811 g/mol. The lowest BCUT2D eigenvalue weighted by molar-refractivity contribution is -0.375. The third-order valence-corrected chi connectivity index (χ3v) is 17.4. The molecule has 0 aromatic heterocycles. The van der Waals surface area contributed by atoms with Crippen molar-refractivity contribution in [3.05, 3.63) is 11.6 Å². The number of aliphatic hydroxyl groups excluding tert-OH is 7. The molecule has 0 aromatic carbocycles. The minimum absolute atomic E-state index is 0.0233. The van der Waals surface area contributed by atoms with Crippen LogP contribution in [-0.4, -0.2) is 139 Å². The second-order valence-electron chi connectivity index (χ2n) is 20.5. The van der Waals surface area contributed by atoms with Gasteiger partial charge in [0, 0.05) is 5.41 Å². The van der Waals surface area contributed by atoms with Crippen molar-refractivity contribution in [3.8, 4) is 0 Å². The summed E-state index contributed by atoms with van der Waals surface area (Å²) in [6, 6.07) is 0. The Bertz CT molecular complexity index is 1590. The third-order valence-electron chi connectivity index (χ3n) is 17.4. The molecular weight excluding hydrogens is 744 g/mol. The van der Waals surface area contributed by atoms with Gasteiger partial charge in [0.25, 0.3) is 0 Å². The van der Waals surface area contributed by atoms with Crippen LogP contribution in [0.15, 0.2) is 11.6 Å². The molecule has 0 unspecified atom stereocenters. The van der Waals surface area contributed by atoms with Crippen LogP contribution in [0.1, 0.15) is 106 Å². The van der Waals surface area contributed by atoms with E-state index in [1.807, 2.05) is 6.92 Å². The van der Waals surface area contributed by atoms with Gasteiger partial charge in [0.05, 0.1) is 24.7 Å². The van der Waals surface area contributed by atoms with Crippen LogP contribution >= 0.6 is 0 Å². The zero-order valence-corrected chi connectivity index (χ0v) is 34.1. The van der Waals surface area contributed by atoms with Crippen LogP contribution in [0.4, 0.5) is 0 Å². The van der Waals surface area contributed by atoms with E-state index in [4.69, 9.17) is 18.9 Å². The second kappa shape index (κ2) is 14.7.